The van der Waals surface area contributed by atoms with E-state index in [9.17, 15) is 4.79 Å². The number of anilines is 2. The van der Waals surface area contributed by atoms with Gasteiger partial charge in [-0.3, -0.25) is 10.1 Å². The van der Waals surface area contributed by atoms with Gasteiger partial charge in [0.15, 0.2) is 0 Å². The van der Waals surface area contributed by atoms with Crippen LogP contribution < -0.4 is 10.6 Å². The summed E-state index contributed by atoms with van der Waals surface area (Å²) in [6.07, 6.45) is 3.17. The van der Waals surface area contributed by atoms with Gasteiger partial charge in [-0.05, 0) is 31.2 Å². The molecule has 1 unspecified atom stereocenters. The van der Waals surface area contributed by atoms with Gasteiger partial charge in [-0.2, -0.15) is 4.98 Å². The van der Waals surface area contributed by atoms with Crippen LogP contribution in [-0.2, 0) is 11.2 Å². The van der Waals surface area contributed by atoms with Crippen molar-refractivity contribution in [3.05, 3.63) is 27.7 Å². The number of hydrogen-bond acceptors (Lipinski definition) is 6. The van der Waals surface area contributed by atoms with Crippen molar-refractivity contribution < 1.29 is 4.79 Å². The molecule has 0 spiro atoms. The van der Waals surface area contributed by atoms with E-state index < -0.39 is 0 Å². The SMILES string of the molecule is CC(=O)Nc1ncnc(NC(C)CCc2sccc2Cl)n1. The summed E-state index contributed by atoms with van der Waals surface area (Å²) >= 11 is 7.73. The largest absolute Gasteiger partial charge is 0.352 e. The van der Waals surface area contributed by atoms with E-state index >= 15 is 0 Å². The lowest BCUT2D eigenvalue weighted by molar-refractivity contribution is -0.114. The van der Waals surface area contributed by atoms with Crippen LogP contribution >= 0.6 is 22.9 Å². The molecule has 0 saturated carbocycles. The molecule has 8 heteroatoms. The van der Waals surface area contributed by atoms with Crippen LogP contribution in [0.3, 0.4) is 0 Å². The molecule has 0 radical (unpaired) electrons. The van der Waals surface area contributed by atoms with E-state index in [1.165, 1.54) is 18.1 Å². The molecule has 0 aliphatic heterocycles. The first-order valence-electron chi connectivity index (χ1n) is 6.49. The van der Waals surface area contributed by atoms with Gasteiger partial charge in [0, 0.05) is 17.8 Å². The van der Waals surface area contributed by atoms with E-state index in [1.54, 1.807) is 11.3 Å². The zero-order valence-electron chi connectivity index (χ0n) is 11.8. The van der Waals surface area contributed by atoms with Crippen molar-refractivity contribution in [2.75, 3.05) is 10.6 Å². The van der Waals surface area contributed by atoms with Crippen LogP contribution in [0.4, 0.5) is 11.9 Å². The quantitative estimate of drug-likeness (QED) is 0.853. The Balaban J connectivity index is 1.88. The molecule has 2 aromatic rings. The Labute approximate surface area is 132 Å². The number of nitrogens with zero attached hydrogens (tertiary/aromatic N) is 3. The zero-order chi connectivity index (χ0) is 15.2. The number of amides is 1. The lowest BCUT2D eigenvalue weighted by Crippen LogP contribution is -2.19. The van der Waals surface area contributed by atoms with E-state index in [0.29, 0.717) is 5.95 Å². The normalized spacial score (nSPS) is 12.0. The first-order valence-corrected chi connectivity index (χ1v) is 7.75. The fourth-order valence-corrected chi connectivity index (χ4v) is 2.88. The highest BCUT2D eigenvalue weighted by molar-refractivity contribution is 7.10. The van der Waals surface area contributed by atoms with Gasteiger partial charge >= 0.3 is 0 Å². The predicted octanol–water partition coefficient (Wildman–Crippen LogP) is 2.98. The van der Waals surface area contributed by atoms with Crippen LogP contribution in [0, 0.1) is 0 Å². The Hall–Kier alpha value is -1.73. The molecule has 0 aliphatic carbocycles. The van der Waals surface area contributed by atoms with Gasteiger partial charge in [0.05, 0.1) is 5.02 Å². The van der Waals surface area contributed by atoms with E-state index in [4.69, 9.17) is 11.6 Å². The van der Waals surface area contributed by atoms with Crippen molar-refractivity contribution in [1.29, 1.82) is 0 Å². The van der Waals surface area contributed by atoms with Gasteiger partial charge in [0.1, 0.15) is 6.33 Å². The molecule has 1 amide bonds. The van der Waals surface area contributed by atoms with Crippen molar-refractivity contribution in [2.24, 2.45) is 0 Å². The van der Waals surface area contributed by atoms with Crippen molar-refractivity contribution in [1.82, 2.24) is 15.0 Å². The molecule has 0 aliphatic rings. The highest BCUT2D eigenvalue weighted by Gasteiger charge is 2.09. The first-order chi connectivity index (χ1) is 10.0. The van der Waals surface area contributed by atoms with Crippen LogP contribution in [0.15, 0.2) is 17.8 Å². The smallest absolute Gasteiger partial charge is 0.234 e. The number of carbonyl (C=O) groups excluding carboxylic acids is 1. The molecule has 2 N–H and O–H groups in total. The van der Waals surface area contributed by atoms with Crippen molar-refractivity contribution in [3.8, 4) is 0 Å². The molecular formula is C13H16ClN5OS. The van der Waals surface area contributed by atoms with E-state index in [2.05, 4.69) is 25.6 Å². The molecule has 2 aromatic heterocycles. The van der Waals surface area contributed by atoms with Crippen LogP contribution in [0.2, 0.25) is 5.02 Å². The second-order valence-electron chi connectivity index (χ2n) is 4.59. The second kappa shape index (κ2) is 7.33. The Morgan fingerprint density at radius 3 is 2.86 bits per heavy atom. The van der Waals surface area contributed by atoms with E-state index in [0.717, 1.165) is 17.9 Å². The summed E-state index contributed by atoms with van der Waals surface area (Å²) in [4.78, 5) is 24.2. The van der Waals surface area contributed by atoms with Crippen LogP contribution in [0.25, 0.3) is 0 Å². The molecule has 2 rings (SSSR count). The third kappa shape index (κ3) is 4.95. The lowest BCUT2D eigenvalue weighted by atomic mass is 10.1. The van der Waals surface area contributed by atoms with Crippen molar-refractivity contribution >= 4 is 40.7 Å². The summed E-state index contributed by atoms with van der Waals surface area (Å²) in [5.41, 5.74) is 0. The van der Waals surface area contributed by atoms with Gasteiger partial charge in [0.2, 0.25) is 17.8 Å². The Morgan fingerprint density at radius 1 is 1.43 bits per heavy atom. The topological polar surface area (TPSA) is 79.8 Å². The number of aromatic nitrogens is 3. The van der Waals surface area contributed by atoms with Crippen LogP contribution in [0.1, 0.15) is 25.1 Å². The Kier molecular flexibility index (Phi) is 5.46. The van der Waals surface area contributed by atoms with Gasteiger partial charge in [-0.25, -0.2) is 9.97 Å². The summed E-state index contributed by atoms with van der Waals surface area (Å²) in [6, 6.07) is 2.08. The van der Waals surface area contributed by atoms with E-state index in [-0.39, 0.29) is 17.9 Å². The molecular weight excluding hydrogens is 310 g/mol. The molecule has 21 heavy (non-hydrogen) atoms. The molecule has 112 valence electrons. The Morgan fingerprint density at radius 2 is 2.19 bits per heavy atom. The molecule has 0 fully saturated rings. The maximum atomic E-state index is 11.0. The molecule has 6 nitrogen and oxygen atoms in total. The van der Waals surface area contributed by atoms with Gasteiger partial charge in [0.25, 0.3) is 0 Å². The molecule has 2 heterocycles. The molecule has 0 bridgehead atoms. The number of hydrogen-bond donors (Lipinski definition) is 2. The standard InChI is InChI=1S/C13H16ClN5OS/c1-8(3-4-11-10(14)5-6-21-11)17-12-15-7-16-13(19-12)18-9(2)20/h5-8H,3-4H2,1-2H3,(H2,15,16,17,18,19,20). The highest BCUT2D eigenvalue weighted by Crippen LogP contribution is 2.24. The van der Waals surface area contributed by atoms with Crippen LogP contribution in [0.5, 0.6) is 0 Å². The van der Waals surface area contributed by atoms with E-state index in [1.807, 2.05) is 18.4 Å². The maximum absolute atomic E-state index is 11.0. The summed E-state index contributed by atoms with van der Waals surface area (Å²) < 4.78 is 0. The third-order valence-corrected chi connectivity index (χ3v) is 4.18. The number of thiophene rings is 1. The number of halogens is 1. The minimum Gasteiger partial charge on any atom is -0.352 e. The van der Waals surface area contributed by atoms with Crippen LogP contribution in [-0.4, -0.2) is 26.9 Å². The first kappa shape index (κ1) is 15.7. The Bertz CT molecular complexity index is 618. The maximum Gasteiger partial charge on any atom is 0.234 e. The van der Waals surface area contributed by atoms with Gasteiger partial charge in [-0.1, -0.05) is 11.6 Å². The number of aryl methyl sites for hydroxylation is 1. The fourth-order valence-electron chi connectivity index (χ4n) is 1.73. The molecule has 1 atom stereocenters. The fraction of sp³-hybridized carbons (Fsp3) is 0.385. The predicted molar refractivity (Wildman–Crippen MR) is 84.9 cm³/mol. The summed E-state index contributed by atoms with van der Waals surface area (Å²) in [5.74, 6) is 0.472. The van der Waals surface area contributed by atoms with Gasteiger partial charge in [-0.15, -0.1) is 11.3 Å². The monoisotopic (exact) mass is 325 g/mol. The molecule has 0 aromatic carbocycles. The number of nitrogens with one attached hydrogen (secondary N) is 2. The summed E-state index contributed by atoms with van der Waals surface area (Å²) in [5, 5.41) is 8.52. The van der Waals surface area contributed by atoms with Crippen molar-refractivity contribution in [2.45, 2.75) is 32.7 Å². The highest BCUT2D eigenvalue weighted by atomic mass is 35.5. The van der Waals surface area contributed by atoms with Gasteiger partial charge < -0.3 is 5.32 Å². The summed E-state index contributed by atoms with van der Waals surface area (Å²) in [6.45, 7) is 3.45. The number of carbonyl (C=O) groups is 1. The minimum absolute atomic E-state index is 0.177. The minimum atomic E-state index is -0.215. The van der Waals surface area contributed by atoms with Crippen molar-refractivity contribution in [3.63, 3.8) is 0 Å². The second-order valence-corrected chi connectivity index (χ2v) is 6.00. The molecule has 0 saturated heterocycles. The average Bonchev–Trinajstić information content (AvgIpc) is 2.81. The third-order valence-electron chi connectivity index (χ3n) is 2.73. The number of rotatable bonds is 6. The zero-order valence-corrected chi connectivity index (χ0v) is 13.3. The average molecular weight is 326 g/mol. The lowest BCUT2D eigenvalue weighted by Gasteiger charge is -2.13. The summed E-state index contributed by atoms with van der Waals surface area (Å²) in [7, 11) is 0.